The summed E-state index contributed by atoms with van der Waals surface area (Å²) in [5.41, 5.74) is 5.76. The van der Waals surface area contributed by atoms with Gasteiger partial charge in [0.15, 0.2) is 0 Å². The number of nitrogens with zero attached hydrogens (tertiary/aromatic N) is 2. The second kappa shape index (κ2) is 4.01. The summed E-state index contributed by atoms with van der Waals surface area (Å²) >= 11 is 0. The highest BCUT2D eigenvalue weighted by Crippen LogP contribution is 2.19. The van der Waals surface area contributed by atoms with Crippen LogP contribution in [0, 0.1) is 6.92 Å². The standard InChI is InChI=1S/C14H13N3/c1-10-5-2-3-6-11(10)9-12-7-4-8-13-14(12)16-17-15-13/h2-8H,9H2,1H3,(H,15,16,17). The first-order valence-electron chi connectivity index (χ1n) is 5.67. The molecule has 1 aromatic heterocycles. The Hall–Kier alpha value is -2.16. The van der Waals surface area contributed by atoms with Gasteiger partial charge in [-0.05, 0) is 36.1 Å². The molecule has 0 fully saturated rings. The van der Waals surface area contributed by atoms with Gasteiger partial charge in [0.05, 0.1) is 0 Å². The molecule has 0 saturated heterocycles. The number of aromatic amines is 1. The molecular formula is C14H13N3. The van der Waals surface area contributed by atoms with Crippen LogP contribution in [0.3, 0.4) is 0 Å². The lowest BCUT2D eigenvalue weighted by Crippen LogP contribution is -1.92. The first-order valence-corrected chi connectivity index (χ1v) is 5.67. The van der Waals surface area contributed by atoms with Crippen LogP contribution < -0.4 is 0 Å². The predicted molar refractivity (Wildman–Crippen MR) is 67.9 cm³/mol. The van der Waals surface area contributed by atoms with E-state index in [1.165, 1.54) is 16.7 Å². The number of hydrogen-bond acceptors (Lipinski definition) is 2. The van der Waals surface area contributed by atoms with Crippen LogP contribution in [0.5, 0.6) is 0 Å². The molecule has 17 heavy (non-hydrogen) atoms. The molecule has 2 aromatic carbocycles. The molecule has 0 aliphatic carbocycles. The summed E-state index contributed by atoms with van der Waals surface area (Å²) in [5.74, 6) is 0. The van der Waals surface area contributed by atoms with Crippen LogP contribution in [-0.4, -0.2) is 15.4 Å². The van der Waals surface area contributed by atoms with Crippen LogP contribution >= 0.6 is 0 Å². The molecule has 0 saturated carbocycles. The molecule has 0 radical (unpaired) electrons. The number of hydrogen-bond donors (Lipinski definition) is 1. The van der Waals surface area contributed by atoms with E-state index in [0.29, 0.717) is 0 Å². The first kappa shape index (κ1) is 10.0. The van der Waals surface area contributed by atoms with Crippen molar-refractivity contribution in [2.45, 2.75) is 13.3 Å². The van der Waals surface area contributed by atoms with Crippen LogP contribution in [0.4, 0.5) is 0 Å². The molecule has 3 nitrogen and oxygen atoms in total. The van der Waals surface area contributed by atoms with E-state index < -0.39 is 0 Å². The topological polar surface area (TPSA) is 41.6 Å². The molecule has 84 valence electrons. The fraction of sp³-hybridized carbons (Fsp3) is 0.143. The van der Waals surface area contributed by atoms with Crippen molar-refractivity contribution in [3.63, 3.8) is 0 Å². The van der Waals surface area contributed by atoms with Gasteiger partial charge in [0, 0.05) is 0 Å². The predicted octanol–water partition coefficient (Wildman–Crippen LogP) is 2.86. The Labute approximate surface area is 99.5 Å². The van der Waals surface area contributed by atoms with Crippen molar-refractivity contribution in [1.82, 2.24) is 15.4 Å². The van der Waals surface area contributed by atoms with E-state index in [2.05, 4.69) is 52.7 Å². The Morgan fingerprint density at radius 3 is 2.65 bits per heavy atom. The summed E-state index contributed by atoms with van der Waals surface area (Å²) in [5, 5.41) is 11.0. The number of rotatable bonds is 2. The second-order valence-electron chi connectivity index (χ2n) is 4.21. The van der Waals surface area contributed by atoms with Gasteiger partial charge in [0.1, 0.15) is 11.0 Å². The minimum absolute atomic E-state index is 0.899. The minimum atomic E-state index is 0.899. The highest BCUT2D eigenvalue weighted by Gasteiger charge is 2.06. The van der Waals surface area contributed by atoms with Gasteiger partial charge < -0.3 is 0 Å². The summed E-state index contributed by atoms with van der Waals surface area (Å²) in [6, 6.07) is 14.5. The largest absolute Gasteiger partial charge is 0.197 e. The third-order valence-corrected chi connectivity index (χ3v) is 3.07. The van der Waals surface area contributed by atoms with Gasteiger partial charge in [0.2, 0.25) is 0 Å². The summed E-state index contributed by atoms with van der Waals surface area (Å²) < 4.78 is 0. The maximum atomic E-state index is 4.21. The second-order valence-corrected chi connectivity index (χ2v) is 4.21. The summed E-state index contributed by atoms with van der Waals surface area (Å²) in [6.45, 7) is 2.14. The number of H-pyrrole nitrogens is 1. The van der Waals surface area contributed by atoms with Crippen molar-refractivity contribution >= 4 is 11.0 Å². The zero-order valence-electron chi connectivity index (χ0n) is 9.64. The average Bonchev–Trinajstić information content (AvgIpc) is 2.81. The summed E-state index contributed by atoms with van der Waals surface area (Å²) in [4.78, 5) is 0. The average molecular weight is 223 g/mol. The molecule has 3 rings (SSSR count). The van der Waals surface area contributed by atoms with Gasteiger partial charge in [-0.2, -0.15) is 15.4 Å². The maximum Gasteiger partial charge on any atom is 0.116 e. The summed E-state index contributed by atoms with van der Waals surface area (Å²) in [7, 11) is 0. The van der Waals surface area contributed by atoms with Crippen LogP contribution in [0.2, 0.25) is 0 Å². The van der Waals surface area contributed by atoms with E-state index in [-0.39, 0.29) is 0 Å². The number of para-hydroxylation sites is 1. The molecule has 0 atom stereocenters. The zero-order valence-corrected chi connectivity index (χ0v) is 9.64. The van der Waals surface area contributed by atoms with Crippen molar-refractivity contribution in [2.75, 3.05) is 0 Å². The van der Waals surface area contributed by atoms with Gasteiger partial charge in [-0.15, -0.1) is 0 Å². The van der Waals surface area contributed by atoms with Crippen molar-refractivity contribution in [1.29, 1.82) is 0 Å². The molecule has 1 heterocycles. The van der Waals surface area contributed by atoms with Gasteiger partial charge in [-0.3, -0.25) is 0 Å². The molecule has 1 N–H and O–H groups in total. The fourth-order valence-corrected chi connectivity index (χ4v) is 2.08. The number of fused-ring (bicyclic) bond motifs is 1. The molecule has 3 aromatic rings. The monoisotopic (exact) mass is 223 g/mol. The van der Waals surface area contributed by atoms with E-state index in [9.17, 15) is 0 Å². The highest BCUT2D eigenvalue weighted by atomic mass is 15.3. The van der Waals surface area contributed by atoms with E-state index >= 15 is 0 Å². The van der Waals surface area contributed by atoms with E-state index in [1.54, 1.807) is 0 Å². The Morgan fingerprint density at radius 2 is 1.76 bits per heavy atom. The smallest absolute Gasteiger partial charge is 0.116 e. The molecule has 0 aliphatic heterocycles. The fourth-order valence-electron chi connectivity index (χ4n) is 2.08. The number of nitrogens with one attached hydrogen (secondary N) is 1. The Morgan fingerprint density at radius 1 is 0.941 bits per heavy atom. The lowest BCUT2D eigenvalue weighted by molar-refractivity contribution is 0.957. The molecule has 0 unspecified atom stereocenters. The molecule has 0 amide bonds. The third-order valence-electron chi connectivity index (χ3n) is 3.07. The number of aryl methyl sites for hydroxylation is 1. The quantitative estimate of drug-likeness (QED) is 0.725. The lowest BCUT2D eigenvalue weighted by atomic mass is 10.00. The van der Waals surface area contributed by atoms with Crippen LogP contribution in [0.15, 0.2) is 42.5 Å². The Bertz CT molecular complexity index is 655. The van der Waals surface area contributed by atoms with E-state index in [0.717, 1.165) is 17.5 Å². The van der Waals surface area contributed by atoms with Crippen LogP contribution in [0.25, 0.3) is 11.0 Å². The Kier molecular flexibility index (Phi) is 2.37. The van der Waals surface area contributed by atoms with E-state index in [1.807, 2.05) is 12.1 Å². The summed E-state index contributed by atoms with van der Waals surface area (Å²) in [6.07, 6.45) is 0.899. The number of benzene rings is 2. The van der Waals surface area contributed by atoms with E-state index in [4.69, 9.17) is 0 Å². The zero-order chi connectivity index (χ0) is 11.7. The normalized spacial score (nSPS) is 10.9. The Balaban J connectivity index is 2.06. The maximum absolute atomic E-state index is 4.21. The highest BCUT2D eigenvalue weighted by molar-refractivity contribution is 5.77. The molecule has 3 heteroatoms. The first-order chi connectivity index (χ1) is 8.34. The lowest BCUT2D eigenvalue weighted by Gasteiger charge is -2.05. The van der Waals surface area contributed by atoms with Gasteiger partial charge in [-0.1, -0.05) is 36.4 Å². The van der Waals surface area contributed by atoms with Crippen LogP contribution in [0.1, 0.15) is 16.7 Å². The van der Waals surface area contributed by atoms with Crippen molar-refractivity contribution in [3.8, 4) is 0 Å². The van der Waals surface area contributed by atoms with Crippen molar-refractivity contribution < 1.29 is 0 Å². The van der Waals surface area contributed by atoms with Crippen molar-refractivity contribution in [2.24, 2.45) is 0 Å². The minimum Gasteiger partial charge on any atom is -0.197 e. The third kappa shape index (κ3) is 1.80. The van der Waals surface area contributed by atoms with Gasteiger partial charge in [-0.25, -0.2) is 0 Å². The molecule has 0 bridgehead atoms. The molecule has 0 spiro atoms. The molecule has 0 aliphatic rings. The van der Waals surface area contributed by atoms with Crippen molar-refractivity contribution in [3.05, 3.63) is 59.2 Å². The molecular weight excluding hydrogens is 210 g/mol. The number of aromatic nitrogens is 3. The van der Waals surface area contributed by atoms with Gasteiger partial charge in [0.25, 0.3) is 0 Å². The SMILES string of the molecule is Cc1ccccc1Cc1cccc2n[nH]nc12. The van der Waals surface area contributed by atoms with Gasteiger partial charge >= 0.3 is 0 Å². The van der Waals surface area contributed by atoms with Crippen LogP contribution in [-0.2, 0) is 6.42 Å².